The van der Waals surface area contributed by atoms with Crippen LogP contribution in [0.15, 0.2) is 18.2 Å². The third kappa shape index (κ3) is 4.46. The van der Waals surface area contributed by atoms with Crippen molar-refractivity contribution in [1.29, 1.82) is 0 Å². The van der Waals surface area contributed by atoms with E-state index in [1.54, 1.807) is 0 Å². The van der Waals surface area contributed by atoms with Gasteiger partial charge in [0.15, 0.2) is 0 Å². The lowest BCUT2D eigenvalue weighted by Crippen LogP contribution is -2.45. The zero-order chi connectivity index (χ0) is 15.5. The molecule has 0 radical (unpaired) electrons. The van der Waals surface area contributed by atoms with Crippen LogP contribution in [-0.2, 0) is 0 Å². The maximum Gasteiger partial charge on any atom is 0.573 e. The summed E-state index contributed by atoms with van der Waals surface area (Å²) in [6.45, 7) is 2.22. The Bertz CT molecular complexity index is 478. The molecule has 2 rings (SSSR count). The number of ether oxygens (including phenoxy) is 1. The van der Waals surface area contributed by atoms with Crippen LogP contribution in [0.1, 0.15) is 11.6 Å². The summed E-state index contributed by atoms with van der Waals surface area (Å²) < 4.78 is 53.7. The molecule has 0 aromatic heterocycles. The van der Waals surface area contributed by atoms with Gasteiger partial charge in [0.1, 0.15) is 12.4 Å². The number of nitrogens with zero attached hydrogens (tertiary/aromatic N) is 1. The molecule has 118 valence electrons. The van der Waals surface area contributed by atoms with E-state index in [0.29, 0.717) is 18.7 Å². The summed E-state index contributed by atoms with van der Waals surface area (Å²) >= 11 is 5.80. The molecule has 0 saturated carbocycles. The third-order valence-corrected chi connectivity index (χ3v) is 3.60. The Kier molecular flexibility index (Phi) is 5.29. The van der Waals surface area contributed by atoms with Crippen LogP contribution in [0.3, 0.4) is 0 Å². The molecule has 1 aliphatic rings. The highest BCUT2D eigenvalue weighted by molar-refractivity contribution is 6.32. The van der Waals surface area contributed by atoms with Gasteiger partial charge in [-0.15, -0.1) is 13.2 Å². The quantitative estimate of drug-likeness (QED) is 0.860. The third-order valence-electron chi connectivity index (χ3n) is 3.30. The Hall–Kier alpha value is -1.05. The molecule has 1 heterocycles. The second-order valence-corrected chi connectivity index (χ2v) is 5.10. The summed E-state index contributed by atoms with van der Waals surface area (Å²) in [4.78, 5) is 1.94. The average Bonchev–Trinajstić information content (AvgIpc) is 2.42. The Morgan fingerprint density at radius 3 is 2.48 bits per heavy atom. The molecular weight excluding hydrogens is 312 g/mol. The summed E-state index contributed by atoms with van der Waals surface area (Å²) in [6.07, 6.45) is -4.80. The number of rotatable bonds is 4. The van der Waals surface area contributed by atoms with E-state index in [4.69, 9.17) is 11.6 Å². The molecule has 0 bridgehead atoms. The minimum absolute atomic E-state index is 0.182. The molecule has 3 nitrogen and oxygen atoms in total. The fourth-order valence-corrected chi connectivity index (χ4v) is 2.55. The lowest BCUT2D eigenvalue weighted by atomic mass is 10.1. The van der Waals surface area contributed by atoms with Crippen molar-refractivity contribution in [2.75, 3.05) is 32.9 Å². The minimum Gasteiger partial charge on any atom is -0.404 e. The highest BCUT2D eigenvalue weighted by Crippen LogP contribution is 2.33. The van der Waals surface area contributed by atoms with Crippen molar-refractivity contribution in [3.05, 3.63) is 28.8 Å². The van der Waals surface area contributed by atoms with E-state index in [-0.39, 0.29) is 5.02 Å². The van der Waals surface area contributed by atoms with Gasteiger partial charge in [0, 0.05) is 26.2 Å². The predicted molar refractivity (Wildman–Crippen MR) is 71.3 cm³/mol. The SMILES string of the molecule is FC[C@@H](c1ccc(OC(F)(F)F)c(Cl)c1)N1CCNCC1. The maximum absolute atomic E-state index is 13.3. The summed E-state index contributed by atoms with van der Waals surface area (Å²) in [5.74, 6) is -0.481. The van der Waals surface area contributed by atoms with E-state index in [0.717, 1.165) is 19.2 Å². The molecule has 0 spiro atoms. The topological polar surface area (TPSA) is 24.5 Å². The van der Waals surface area contributed by atoms with Gasteiger partial charge in [-0.1, -0.05) is 17.7 Å². The van der Waals surface area contributed by atoms with Gasteiger partial charge in [0.25, 0.3) is 0 Å². The van der Waals surface area contributed by atoms with E-state index < -0.39 is 24.8 Å². The van der Waals surface area contributed by atoms with Crippen LogP contribution >= 0.6 is 11.6 Å². The zero-order valence-corrected chi connectivity index (χ0v) is 11.8. The van der Waals surface area contributed by atoms with Crippen LogP contribution in [0.4, 0.5) is 17.6 Å². The number of benzene rings is 1. The number of hydrogen-bond donors (Lipinski definition) is 1. The Morgan fingerprint density at radius 1 is 1.29 bits per heavy atom. The number of halogens is 5. The van der Waals surface area contributed by atoms with Crippen molar-refractivity contribution in [3.63, 3.8) is 0 Å². The van der Waals surface area contributed by atoms with Crippen molar-refractivity contribution < 1.29 is 22.3 Å². The van der Waals surface area contributed by atoms with Crippen molar-refractivity contribution in [2.45, 2.75) is 12.4 Å². The first-order chi connectivity index (χ1) is 9.90. The van der Waals surface area contributed by atoms with Gasteiger partial charge in [-0.25, -0.2) is 4.39 Å². The normalized spacial score (nSPS) is 18.5. The van der Waals surface area contributed by atoms with E-state index in [1.165, 1.54) is 12.1 Å². The number of piperazine rings is 1. The van der Waals surface area contributed by atoms with Gasteiger partial charge in [0.2, 0.25) is 0 Å². The highest BCUT2D eigenvalue weighted by atomic mass is 35.5. The molecule has 1 aliphatic heterocycles. The largest absolute Gasteiger partial charge is 0.573 e. The van der Waals surface area contributed by atoms with Crippen molar-refractivity contribution in [1.82, 2.24) is 10.2 Å². The molecule has 1 N–H and O–H groups in total. The van der Waals surface area contributed by atoms with Crippen LogP contribution in [0.5, 0.6) is 5.75 Å². The first-order valence-electron chi connectivity index (χ1n) is 6.46. The fourth-order valence-electron chi connectivity index (χ4n) is 2.32. The number of nitrogens with one attached hydrogen (secondary N) is 1. The first kappa shape index (κ1) is 16.3. The summed E-state index contributed by atoms with van der Waals surface area (Å²) in [6, 6.07) is 3.36. The Balaban J connectivity index is 2.17. The van der Waals surface area contributed by atoms with E-state index in [9.17, 15) is 17.6 Å². The van der Waals surface area contributed by atoms with Crippen LogP contribution in [0, 0.1) is 0 Å². The predicted octanol–water partition coefficient (Wildman–Crippen LogP) is 3.15. The van der Waals surface area contributed by atoms with Crippen LogP contribution in [-0.4, -0.2) is 44.1 Å². The van der Waals surface area contributed by atoms with Crippen LogP contribution < -0.4 is 10.1 Å². The van der Waals surface area contributed by atoms with Crippen molar-refractivity contribution in [3.8, 4) is 5.75 Å². The molecule has 1 aromatic carbocycles. The van der Waals surface area contributed by atoms with Gasteiger partial charge in [-0.2, -0.15) is 0 Å². The smallest absolute Gasteiger partial charge is 0.404 e. The summed E-state index contributed by atoms with van der Waals surface area (Å²) in [7, 11) is 0. The Morgan fingerprint density at radius 2 is 1.95 bits per heavy atom. The molecule has 1 atom stereocenters. The van der Waals surface area contributed by atoms with Crippen LogP contribution in [0.25, 0.3) is 0 Å². The monoisotopic (exact) mass is 326 g/mol. The lowest BCUT2D eigenvalue weighted by Gasteiger charge is -2.33. The molecule has 0 amide bonds. The first-order valence-corrected chi connectivity index (χ1v) is 6.84. The molecule has 1 saturated heterocycles. The lowest BCUT2D eigenvalue weighted by molar-refractivity contribution is -0.274. The number of alkyl halides is 4. The summed E-state index contributed by atoms with van der Waals surface area (Å²) in [5.41, 5.74) is 0.541. The summed E-state index contributed by atoms with van der Waals surface area (Å²) in [5, 5.41) is 2.97. The molecule has 1 aromatic rings. The fraction of sp³-hybridized carbons (Fsp3) is 0.538. The number of hydrogen-bond acceptors (Lipinski definition) is 3. The van der Waals surface area contributed by atoms with Crippen LogP contribution in [0.2, 0.25) is 5.02 Å². The molecule has 0 aliphatic carbocycles. The van der Waals surface area contributed by atoms with Gasteiger partial charge in [0.05, 0.1) is 11.1 Å². The van der Waals surface area contributed by atoms with E-state index in [1.807, 2.05) is 4.90 Å². The highest BCUT2D eigenvalue weighted by Gasteiger charge is 2.32. The van der Waals surface area contributed by atoms with Crippen molar-refractivity contribution >= 4 is 11.6 Å². The molecular formula is C13H15ClF4N2O. The molecule has 0 unspecified atom stereocenters. The standard InChI is InChI=1S/C13H15ClF4N2O/c14-10-7-9(1-2-12(10)21-13(16,17)18)11(8-15)20-5-3-19-4-6-20/h1-2,7,11,19H,3-6,8H2/t11-/m0/s1. The van der Waals surface area contributed by atoms with E-state index >= 15 is 0 Å². The van der Waals surface area contributed by atoms with E-state index in [2.05, 4.69) is 10.1 Å². The van der Waals surface area contributed by atoms with Gasteiger partial charge in [-0.3, -0.25) is 4.90 Å². The second-order valence-electron chi connectivity index (χ2n) is 4.69. The van der Waals surface area contributed by atoms with Crippen molar-refractivity contribution in [2.24, 2.45) is 0 Å². The van der Waals surface area contributed by atoms with Gasteiger partial charge >= 0.3 is 6.36 Å². The molecule has 21 heavy (non-hydrogen) atoms. The molecule has 8 heteroatoms. The zero-order valence-electron chi connectivity index (χ0n) is 11.1. The van der Waals surface area contributed by atoms with Gasteiger partial charge < -0.3 is 10.1 Å². The average molecular weight is 327 g/mol. The second kappa shape index (κ2) is 6.81. The Labute approximate surface area is 124 Å². The molecule has 1 fully saturated rings. The van der Waals surface area contributed by atoms with Gasteiger partial charge in [-0.05, 0) is 17.7 Å². The minimum atomic E-state index is -4.80. The maximum atomic E-state index is 13.3.